The van der Waals surface area contributed by atoms with E-state index in [4.69, 9.17) is 0 Å². The number of imidazole rings is 1. The lowest BCUT2D eigenvalue weighted by atomic mass is 10.0. The normalized spacial score (nSPS) is 14.0. The molecule has 4 nitrogen and oxygen atoms in total. The maximum absolute atomic E-state index is 10.3. The number of pyridine rings is 1. The second kappa shape index (κ2) is 6.94. The van der Waals surface area contributed by atoms with Crippen molar-refractivity contribution in [3.8, 4) is 0 Å². The van der Waals surface area contributed by atoms with Crippen LogP contribution in [0.3, 0.4) is 0 Å². The van der Waals surface area contributed by atoms with Gasteiger partial charge in [-0.05, 0) is 37.5 Å². The molecular weight excluding hydrogens is 286 g/mol. The minimum absolute atomic E-state index is 0.209. The fraction of sp³-hybridized carbons (Fsp3) is 0.316. The number of hydrogen-bond donors (Lipinski definition) is 2. The second-order valence-corrected chi connectivity index (χ2v) is 6.08. The van der Waals surface area contributed by atoms with Gasteiger partial charge >= 0.3 is 0 Å². The van der Waals surface area contributed by atoms with Gasteiger partial charge in [0.15, 0.2) is 0 Å². The van der Waals surface area contributed by atoms with Crippen molar-refractivity contribution in [1.82, 2.24) is 14.7 Å². The molecule has 0 saturated carbocycles. The van der Waals surface area contributed by atoms with Crippen LogP contribution in [0.25, 0.3) is 5.65 Å². The number of aliphatic hydroxyl groups excluding tert-OH is 1. The molecule has 0 saturated heterocycles. The Hall–Kier alpha value is -2.17. The third kappa shape index (κ3) is 3.60. The Labute approximate surface area is 136 Å². The molecule has 0 radical (unpaired) electrons. The molecule has 0 amide bonds. The number of aromatic nitrogens is 2. The van der Waals surface area contributed by atoms with Gasteiger partial charge in [-0.3, -0.25) is 0 Å². The zero-order valence-electron chi connectivity index (χ0n) is 13.6. The Kier molecular flexibility index (Phi) is 4.74. The van der Waals surface area contributed by atoms with Gasteiger partial charge in [-0.25, -0.2) is 4.98 Å². The maximum atomic E-state index is 10.3. The topological polar surface area (TPSA) is 49.6 Å². The predicted octanol–water partition coefficient (Wildman–Crippen LogP) is 3.24. The Morgan fingerprint density at radius 3 is 2.74 bits per heavy atom. The maximum Gasteiger partial charge on any atom is 0.139 e. The van der Waals surface area contributed by atoms with Crippen molar-refractivity contribution in [3.63, 3.8) is 0 Å². The number of aryl methyl sites for hydroxylation is 1. The van der Waals surface area contributed by atoms with Crippen LogP contribution in [0.4, 0.5) is 0 Å². The predicted molar refractivity (Wildman–Crippen MR) is 92.2 cm³/mol. The zero-order valence-corrected chi connectivity index (χ0v) is 13.6. The Bertz CT molecular complexity index is 767. The molecule has 0 aliphatic carbocycles. The lowest BCUT2D eigenvalue weighted by molar-refractivity contribution is 0.153. The third-order valence-electron chi connectivity index (χ3n) is 4.20. The van der Waals surface area contributed by atoms with Crippen molar-refractivity contribution in [1.29, 1.82) is 0 Å². The Morgan fingerprint density at radius 2 is 1.96 bits per heavy atom. The molecule has 23 heavy (non-hydrogen) atoms. The largest absolute Gasteiger partial charge is 0.388 e. The van der Waals surface area contributed by atoms with Gasteiger partial charge in [-0.2, -0.15) is 0 Å². The lowest BCUT2D eigenvalue weighted by Gasteiger charge is -2.18. The highest BCUT2D eigenvalue weighted by Gasteiger charge is 2.13. The van der Waals surface area contributed by atoms with Gasteiger partial charge in [0.2, 0.25) is 0 Å². The van der Waals surface area contributed by atoms with Crippen molar-refractivity contribution in [3.05, 3.63) is 71.7 Å². The molecule has 3 rings (SSSR count). The van der Waals surface area contributed by atoms with E-state index < -0.39 is 6.10 Å². The molecule has 0 unspecified atom stereocenters. The summed E-state index contributed by atoms with van der Waals surface area (Å²) in [7, 11) is 0. The number of nitrogens with one attached hydrogen (secondary N) is 1. The molecule has 3 aromatic rings. The fourth-order valence-electron chi connectivity index (χ4n) is 2.84. The second-order valence-electron chi connectivity index (χ2n) is 6.08. The van der Waals surface area contributed by atoms with E-state index in [1.165, 1.54) is 5.56 Å². The highest BCUT2D eigenvalue weighted by atomic mass is 16.3. The van der Waals surface area contributed by atoms with Crippen molar-refractivity contribution in [2.24, 2.45) is 0 Å². The summed E-state index contributed by atoms with van der Waals surface area (Å²) in [6.45, 7) is 4.90. The molecule has 4 heteroatoms. The van der Waals surface area contributed by atoms with E-state index in [0.717, 1.165) is 23.4 Å². The lowest BCUT2D eigenvalue weighted by Crippen LogP contribution is -2.27. The molecule has 2 N–H and O–H groups in total. The van der Waals surface area contributed by atoms with Gasteiger partial charge in [0.1, 0.15) is 5.65 Å². The van der Waals surface area contributed by atoms with Gasteiger partial charge in [0.05, 0.1) is 18.0 Å². The van der Waals surface area contributed by atoms with Crippen LogP contribution >= 0.6 is 0 Å². The van der Waals surface area contributed by atoms with Crippen molar-refractivity contribution >= 4 is 5.65 Å². The number of hydrogen-bond acceptors (Lipinski definition) is 3. The highest BCUT2D eigenvalue weighted by molar-refractivity contribution is 5.48. The SMILES string of the molecule is Cc1cccn2c(CN[C@H](C)C[C@H](O)c3ccccc3)cnc12. The van der Waals surface area contributed by atoms with Crippen molar-refractivity contribution < 1.29 is 5.11 Å². The summed E-state index contributed by atoms with van der Waals surface area (Å²) in [4.78, 5) is 4.48. The van der Waals surface area contributed by atoms with Crippen LogP contribution in [0.15, 0.2) is 54.9 Å². The van der Waals surface area contributed by atoms with Crippen LogP contribution in [-0.2, 0) is 6.54 Å². The molecule has 0 aliphatic rings. The van der Waals surface area contributed by atoms with Gasteiger partial charge in [-0.1, -0.05) is 36.4 Å². The zero-order chi connectivity index (χ0) is 16.2. The minimum Gasteiger partial charge on any atom is -0.388 e. The van der Waals surface area contributed by atoms with E-state index in [1.54, 1.807) is 0 Å². The molecule has 120 valence electrons. The summed E-state index contributed by atoms with van der Waals surface area (Å²) >= 11 is 0. The standard InChI is InChI=1S/C19H23N3O/c1-14-7-6-10-22-17(13-21-19(14)22)12-20-15(2)11-18(23)16-8-4-3-5-9-16/h3-10,13,15,18,20,23H,11-12H2,1-2H3/t15-,18+/m1/s1. The Balaban J connectivity index is 1.60. The van der Waals surface area contributed by atoms with Crippen LogP contribution in [0, 0.1) is 6.92 Å². The summed E-state index contributed by atoms with van der Waals surface area (Å²) < 4.78 is 2.11. The van der Waals surface area contributed by atoms with Crippen LogP contribution in [0.1, 0.15) is 36.3 Å². The van der Waals surface area contributed by atoms with Gasteiger partial charge in [0.25, 0.3) is 0 Å². The monoisotopic (exact) mass is 309 g/mol. The smallest absolute Gasteiger partial charge is 0.139 e. The first-order valence-corrected chi connectivity index (χ1v) is 8.03. The molecule has 2 aromatic heterocycles. The Morgan fingerprint density at radius 1 is 1.17 bits per heavy atom. The van der Waals surface area contributed by atoms with Crippen molar-refractivity contribution in [2.75, 3.05) is 0 Å². The molecule has 0 bridgehead atoms. The summed E-state index contributed by atoms with van der Waals surface area (Å²) in [5.41, 5.74) is 4.27. The first-order chi connectivity index (χ1) is 11.1. The summed E-state index contributed by atoms with van der Waals surface area (Å²) in [5.74, 6) is 0. The molecule has 0 fully saturated rings. The van der Waals surface area contributed by atoms with Gasteiger partial charge in [0, 0.05) is 18.8 Å². The van der Waals surface area contributed by atoms with E-state index in [2.05, 4.69) is 34.6 Å². The van der Waals surface area contributed by atoms with Crippen molar-refractivity contribution in [2.45, 2.75) is 39.0 Å². The van der Waals surface area contributed by atoms with Gasteiger partial charge < -0.3 is 14.8 Å². The number of benzene rings is 1. The number of fused-ring (bicyclic) bond motifs is 1. The van der Waals surface area contributed by atoms with E-state index in [-0.39, 0.29) is 6.04 Å². The fourth-order valence-corrected chi connectivity index (χ4v) is 2.84. The average Bonchev–Trinajstić information content (AvgIpc) is 2.98. The molecule has 0 aliphatic heterocycles. The van der Waals surface area contributed by atoms with Crippen LogP contribution in [0.5, 0.6) is 0 Å². The molecular formula is C19H23N3O. The highest BCUT2D eigenvalue weighted by Crippen LogP contribution is 2.18. The third-order valence-corrected chi connectivity index (χ3v) is 4.20. The summed E-state index contributed by atoms with van der Waals surface area (Å²) in [6.07, 6.45) is 4.19. The molecule has 1 aromatic carbocycles. The van der Waals surface area contributed by atoms with E-state index in [1.807, 2.05) is 48.8 Å². The first-order valence-electron chi connectivity index (χ1n) is 8.03. The number of aliphatic hydroxyl groups is 1. The van der Waals surface area contributed by atoms with E-state index in [9.17, 15) is 5.11 Å². The van der Waals surface area contributed by atoms with Crippen LogP contribution in [0.2, 0.25) is 0 Å². The quantitative estimate of drug-likeness (QED) is 0.735. The summed E-state index contributed by atoms with van der Waals surface area (Å²) in [6, 6.07) is 14.1. The average molecular weight is 309 g/mol. The van der Waals surface area contributed by atoms with Gasteiger partial charge in [-0.15, -0.1) is 0 Å². The molecule has 2 heterocycles. The molecule has 2 atom stereocenters. The molecule has 0 spiro atoms. The van der Waals surface area contributed by atoms with Crippen LogP contribution < -0.4 is 5.32 Å². The van der Waals surface area contributed by atoms with Crippen LogP contribution in [-0.4, -0.2) is 20.5 Å². The van der Waals surface area contributed by atoms with E-state index in [0.29, 0.717) is 6.42 Å². The number of rotatable bonds is 6. The first kappa shape index (κ1) is 15.7. The number of nitrogens with zero attached hydrogens (tertiary/aromatic N) is 2. The van der Waals surface area contributed by atoms with E-state index >= 15 is 0 Å². The minimum atomic E-state index is -0.442. The summed E-state index contributed by atoms with van der Waals surface area (Å²) in [5, 5.41) is 13.8.